The van der Waals surface area contributed by atoms with E-state index in [1.165, 1.54) is 16.7 Å². The van der Waals surface area contributed by atoms with Crippen LogP contribution in [0.5, 0.6) is 0 Å². The summed E-state index contributed by atoms with van der Waals surface area (Å²) in [4.78, 5) is 0. The first-order valence-electron chi connectivity index (χ1n) is 14.0. The van der Waals surface area contributed by atoms with Gasteiger partial charge >= 0.3 is 51.4 Å². The number of benzene rings is 4. The van der Waals surface area contributed by atoms with Gasteiger partial charge in [-0.25, -0.2) is 0 Å². The van der Waals surface area contributed by atoms with Crippen LogP contribution in [-0.2, 0) is 0 Å². The van der Waals surface area contributed by atoms with E-state index < -0.39 is 14.2 Å². The fraction of sp³-hybridized carbons (Fsp3) is 0.243. The quantitative estimate of drug-likeness (QED) is 0.260. The van der Waals surface area contributed by atoms with Gasteiger partial charge in [0.1, 0.15) is 0 Å². The zero-order valence-corrected chi connectivity index (χ0v) is 29.3. The van der Waals surface area contributed by atoms with Crippen molar-refractivity contribution in [1.29, 1.82) is 0 Å². The number of hydrogen-bond acceptors (Lipinski definition) is 1. The predicted octanol–water partition coefficient (Wildman–Crippen LogP) is 6.05. The molecule has 0 bridgehead atoms. The van der Waals surface area contributed by atoms with Crippen molar-refractivity contribution in [3.63, 3.8) is 0 Å². The summed E-state index contributed by atoms with van der Waals surface area (Å²) in [5.41, 5.74) is 9.67. The molecular formula is C37H41KOSi. The van der Waals surface area contributed by atoms with E-state index in [9.17, 15) is 5.11 Å². The number of hydrogen-bond donors (Lipinski definition) is 0. The van der Waals surface area contributed by atoms with Gasteiger partial charge in [0.15, 0.2) is 0 Å². The molecule has 1 nitrogen and oxygen atoms in total. The van der Waals surface area contributed by atoms with Crippen LogP contribution in [0.2, 0.25) is 13.1 Å². The molecule has 5 rings (SSSR count). The molecule has 0 radical (unpaired) electrons. The van der Waals surface area contributed by atoms with Crippen LogP contribution in [0.1, 0.15) is 61.6 Å². The first kappa shape index (κ1) is 32.7. The molecule has 40 heavy (non-hydrogen) atoms. The Labute approximate surface area is 285 Å². The Hall–Kier alpha value is -1.83. The van der Waals surface area contributed by atoms with Crippen molar-refractivity contribution in [3.05, 3.63) is 165 Å². The molecule has 1 atom stereocenters. The maximum absolute atomic E-state index is 11.9. The van der Waals surface area contributed by atoms with Gasteiger partial charge in [-0.15, -0.1) is 0 Å². The van der Waals surface area contributed by atoms with Gasteiger partial charge in [0.2, 0.25) is 0 Å². The van der Waals surface area contributed by atoms with Crippen molar-refractivity contribution in [1.82, 2.24) is 0 Å². The Morgan fingerprint density at radius 1 is 0.550 bits per heavy atom. The summed E-state index contributed by atoms with van der Waals surface area (Å²) in [6.07, 6.45) is -0.766. The Morgan fingerprint density at radius 3 is 1.18 bits per heavy atom. The minimum absolute atomic E-state index is 0. The normalized spacial score (nSPS) is 15.2. The Balaban J connectivity index is 0.000000250. The van der Waals surface area contributed by atoms with Crippen LogP contribution >= 0.6 is 0 Å². The molecule has 4 aromatic rings. The van der Waals surface area contributed by atoms with E-state index in [1.54, 1.807) is 16.3 Å². The molecule has 0 heterocycles. The zero-order chi connectivity index (χ0) is 28.0. The van der Waals surface area contributed by atoms with Gasteiger partial charge < -0.3 is 5.11 Å². The minimum atomic E-state index is -1.75. The van der Waals surface area contributed by atoms with E-state index in [-0.39, 0.29) is 51.4 Å². The monoisotopic (exact) mass is 568 g/mol. The average molecular weight is 569 g/mol. The summed E-state index contributed by atoms with van der Waals surface area (Å²) < 4.78 is 0. The summed E-state index contributed by atoms with van der Waals surface area (Å²) in [6, 6.07) is 41.1. The topological polar surface area (TPSA) is 23.1 Å². The van der Waals surface area contributed by atoms with E-state index in [4.69, 9.17) is 0 Å². The summed E-state index contributed by atoms with van der Waals surface area (Å²) in [6.45, 7) is 14.5. The predicted molar refractivity (Wildman–Crippen MR) is 167 cm³/mol. The van der Waals surface area contributed by atoms with Gasteiger partial charge in [-0.05, 0) is 43.4 Å². The molecule has 3 heteroatoms. The Morgan fingerprint density at radius 2 is 0.875 bits per heavy atom. The smallest absolute Gasteiger partial charge is 0.845 e. The van der Waals surface area contributed by atoms with Gasteiger partial charge in [-0.1, -0.05) is 175 Å². The van der Waals surface area contributed by atoms with Crippen LogP contribution in [0, 0.1) is 5.92 Å². The molecule has 1 aliphatic carbocycles. The Kier molecular flexibility index (Phi) is 12.2. The molecule has 0 saturated carbocycles. The van der Waals surface area contributed by atoms with Gasteiger partial charge in [-0.3, -0.25) is 0 Å². The molecule has 0 aromatic heterocycles. The summed E-state index contributed by atoms with van der Waals surface area (Å²) in [5.74, 6) is 0.580. The molecule has 0 fully saturated rings. The third kappa shape index (κ3) is 7.32. The minimum Gasteiger partial charge on any atom is -0.845 e. The molecule has 4 aromatic carbocycles. The third-order valence-electron chi connectivity index (χ3n) is 8.53. The first-order chi connectivity index (χ1) is 18.7. The Bertz CT molecular complexity index is 1330. The molecule has 0 spiro atoms. The molecule has 0 N–H and O–H groups in total. The zero-order valence-electron chi connectivity index (χ0n) is 25.2. The molecule has 0 aliphatic heterocycles. The first-order valence-corrected chi connectivity index (χ1v) is 17.1. The second kappa shape index (κ2) is 14.9. The van der Waals surface area contributed by atoms with Gasteiger partial charge in [0.25, 0.3) is 0 Å². The van der Waals surface area contributed by atoms with Crippen molar-refractivity contribution in [2.75, 3.05) is 0 Å². The van der Waals surface area contributed by atoms with Gasteiger partial charge in [-0.2, -0.15) is 0 Å². The molecule has 1 aliphatic rings. The largest absolute Gasteiger partial charge is 1.00 e. The number of allylic oxidation sites excluding steroid dienone is 4. The van der Waals surface area contributed by atoms with Gasteiger partial charge in [0, 0.05) is 5.54 Å². The summed E-state index contributed by atoms with van der Waals surface area (Å²) in [5, 5.41) is 13.7. The SMILES string of the molecule is CC1=C(C)C(C)C([Si](C)(C)C(c2ccccc2)c2ccccc2)=C1C.[K+].[O-]C(c1ccccc1)c1ccccc1. The fourth-order valence-electron chi connectivity index (χ4n) is 6.33. The second-order valence-corrected chi connectivity index (χ2v) is 15.8. The molecular weight excluding hydrogens is 528 g/mol. The maximum Gasteiger partial charge on any atom is 1.00 e. The summed E-state index contributed by atoms with van der Waals surface area (Å²) >= 11 is 0. The number of rotatable bonds is 6. The average Bonchev–Trinajstić information content (AvgIpc) is 3.17. The van der Waals surface area contributed by atoms with Crippen LogP contribution in [0.15, 0.2) is 143 Å². The van der Waals surface area contributed by atoms with Crippen LogP contribution in [0.4, 0.5) is 0 Å². The maximum atomic E-state index is 11.9. The van der Waals surface area contributed by atoms with Crippen LogP contribution < -0.4 is 56.5 Å². The van der Waals surface area contributed by atoms with Gasteiger partial charge in [0.05, 0.1) is 8.07 Å². The van der Waals surface area contributed by atoms with E-state index in [0.717, 1.165) is 11.1 Å². The van der Waals surface area contributed by atoms with Crippen LogP contribution in [0.3, 0.4) is 0 Å². The molecule has 0 saturated heterocycles. The van der Waals surface area contributed by atoms with Crippen LogP contribution in [0.25, 0.3) is 0 Å². The molecule has 200 valence electrons. The van der Waals surface area contributed by atoms with Crippen molar-refractivity contribution in [3.8, 4) is 0 Å². The van der Waals surface area contributed by atoms with Crippen molar-refractivity contribution >= 4 is 8.07 Å². The fourth-order valence-corrected chi connectivity index (χ4v) is 11.2. The van der Waals surface area contributed by atoms with E-state index in [0.29, 0.717) is 11.5 Å². The molecule has 1 unspecified atom stereocenters. The van der Waals surface area contributed by atoms with Crippen molar-refractivity contribution in [2.24, 2.45) is 5.92 Å². The van der Waals surface area contributed by atoms with Crippen LogP contribution in [-0.4, -0.2) is 8.07 Å². The van der Waals surface area contributed by atoms with E-state index >= 15 is 0 Å². The standard InChI is InChI=1S/C24H30Si.C13H11O.K/c1-17-18(2)20(4)23(19(17)3)25(5,6)24(21-13-9-7-10-14-21)22-15-11-8-12-16-22;14-13(11-7-3-1-4-8-11)12-9-5-2-6-10-12;/h7-16,19,24H,1-6H3;1-10,13H;/q;-1;+1. The van der Waals surface area contributed by atoms with Crippen molar-refractivity contribution < 1.29 is 56.5 Å². The van der Waals surface area contributed by atoms with E-state index in [2.05, 4.69) is 101 Å². The van der Waals surface area contributed by atoms with E-state index in [1.807, 2.05) is 60.7 Å². The summed E-state index contributed by atoms with van der Waals surface area (Å²) in [7, 11) is -1.75. The molecule has 0 amide bonds. The third-order valence-corrected chi connectivity index (χ3v) is 12.8. The van der Waals surface area contributed by atoms with Crippen molar-refractivity contribution in [2.45, 2.75) is 52.4 Å². The second-order valence-electron chi connectivity index (χ2n) is 11.2.